The van der Waals surface area contributed by atoms with Gasteiger partial charge < -0.3 is 24.6 Å². The van der Waals surface area contributed by atoms with Crippen LogP contribution in [0, 0.1) is 0 Å². The summed E-state index contributed by atoms with van der Waals surface area (Å²) in [4.78, 5) is 1.54. The molecule has 11 heteroatoms. The van der Waals surface area contributed by atoms with Crippen LogP contribution in [0.1, 0.15) is 86.5 Å². The van der Waals surface area contributed by atoms with E-state index < -0.39 is 22.3 Å². The molecule has 3 N–H and O–H groups in total. The van der Waals surface area contributed by atoms with Gasteiger partial charge in [0.2, 0.25) is 0 Å². The summed E-state index contributed by atoms with van der Waals surface area (Å²) in [6.07, 6.45) is 5.65. The Bertz CT molecular complexity index is 1610. The second-order valence-corrected chi connectivity index (χ2v) is 14.4. The standard InChI is InChI=1S/C35H42O7S3.Na/c1-2-3-21-42-27-15-17-28(18-16-27)44-32-19-14-25(23-34(32)45(39,40)41)29-11-8-9-12-30(29)35(38)26-22-33(43-24-26)31(37)13-7-5-4-6-10-20-36;/h8-9,11-12,14-19,22-24,31,35-38H,2-7,10,13,20-21H2,1H3,(H,39,40,41);/q;+1/p-1. The number of ether oxygens (including phenoxy) is 1. The molecular formula is C35H41NaO7S3. The van der Waals surface area contributed by atoms with E-state index >= 15 is 0 Å². The Morgan fingerprint density at radius 2 is 1.63 bits per heavy atom. The van der Waals surface area contributed by atoms with Crippen LogP contribution in [0.25, 0.3) is 11.1 Å². The number of unbranched alkanes of at least 4 members (excludes halogenated alkanes) is 5. The van der Waals surface area contributed by atoms with Crippen molar-refractivity contribution < 1.29 is 62.6 Å². The van der Waals surface area contributed by atoms with E-state index in [0.717, 1.165) is 60.5 Å². The Labute approximate surface area is 303 Å². The van der Waals surface area contributed by atoms with Gasteiger partial charge in [0.15, 0.2) is 0 Å². The van der Waals surface area contributed by atoms with Crippen LogP contribution in [-0.2, 0) is 10.1 Å². The summed E-state index contributed by atoms with van der Waals surface area (Å²) in [6, 6.07) is 21.1. The summed E-state index contributed by atoms with van der Waals surface area (Å²) in [5.41, 5.74) is 2.31. The average molecular weight is 693 g/mol. The second kappa shape index (κ2) is 19.3. The van der Waals surface area contributed by atoms with E-state index in [-0.39, 0.29) is 41.1 Å². The van der Waals surface area contributed by atoms with Gasteiger partial charge in [0, 0.05) is 21.3 Å². The van der Waals surface area contributed by atoms with Crippen molar-refractivity contribution >= 4 is 33.2 Å². The Kier molecular flexibility index (Phi) is 16.3. The molecule has 46 heavy (non-hydrogen) atoms. The van der Waals surface area contributed by atoms with Gasteiger partial charge in [-0.2, -0.15) is 0 Å². The van der Waals surface area contributed by atoms with E-state index in [1.807, 2.05) is 35.7 Å². The second-order valence-electron chi connectivity index (χ2n) is 11.0. The summed E-state index contributed by atoms with van der Waals surface area (Å²) in [5, 5.41) is 32.9. The van der Waals surface area contributed by atoms with Gasteiger partial charge in [0.1, 0.15) is 22.0 Å². The fourth-order valence-electron chi connectivity index (χ4n) is 5.01. The van der Waals surface area contributed by atoms with Crippen molar-refractivity contribution in [3.05, 3.63) is 94.2 Å². The van der Waals surface area contributed by atoms with Crippen molar-refractivity contribution in [3.63, 3.8) is 0 Å². The Morgan fingerprint density at radius 1 is 0.913 bits per heavy atom. The largest absolute Gasteiger partial charge is 1.00 e. The topological polar surface area (TPSA) is 127 Å². The molecule has 0 amide bonds. The first-order chi connectivity index (χ1) is 21.7. The Hall–Kier alpha value is -1.70. The number of rotatable bonds is 18. The molecule has 3 aromatic carbocycles. The minimum Gasteiger partial charge on any atom is -0.744 e. The van der Waals surface area contributed by atoms with Gasteiger partial charge in [-0.25, -0.2) is 8.42 Å². The summed E-state index contributed by atoms with van der Waals surface area (Å²) in [5.74, 6) is 0.729. The van der Waals surface area contributed by atoms with Crippen LogP contribution in [0.2, 0.25) is 0 Å². The fraction of sp³-hybridized carbons (Fsp3) is 0.371. The minimum absolute atomic E-state index is 0. The predicted molar refractivity (Wildman–Crippen MR) is 179 cm³/mol. The van der Waals surface area contributed by atoms with Crippen LogP contribution in [0.4, 0.5) is 0 Å². The molecule has 2 unspecified atom stereocenters. The first-order valence-electron chi connectivity index (χ1n) is 15.4. The van der Waals surface area contributed by atoms with Crippen molar-refractivity contribution in [2.75, 3.05) is 13.2 Å². The molecule has 1 aromatic heterocycles. The zero-order chi connectivity index (χ0) is 32.2. The number of benzene rings is 3. The van der Waals surface area contributed by atoms with Crippen LogP contribution in [-0.4, -0.2) is 41.5 Å². The molecule has 242 valence electrons. The van der Waals surface area contributed by atoms with Gasteiger partial charge >= 0.3 is 29.6 Å². The zero-order valence-electron chi connectivity index (χ0n) is 26.4. The summed E-state index contributed by atoms with van der Waals surface area (Å²) < 4.78 is 42.9. The molecular weight excluding hydrogens is 652 g/mol. The summed E-state index contributed by atoms with van der Waals surface area (Å²) in [6.45, 7) is 2.93. The average Bonchev–Trinajstić information content (AvgIpc) is 3.54. The van der Waals surface area contributed by atoms with Crippen LogP contribution in [0.3, 0.4) is 0 Å². The third-order valence-corrected chi connectivity index (χ3v) is 10.7. The van der Waals surface area contributed by atoms with E-state index in [2.05, 4.69) is 6.92 Å². The van der Waals surface area contributed by atoms with E-state index in [0.29, 0.717) is 40.2 Å². The molecule has 7 nitrogen and oxygen atoms in total. The first-order valence-corrected chi connectivity index (χ1v) is 18.5. The van der Waals surface area contributed by atoms with Gasteiger partial charge in [-0.05, 0) is 89.4 Å². The van der Waals surface area contributed by atoms with Gasteiger partial charge in [0.05, 0.1) is 17.6 Å². The van der Waals surface area contributed by atoms with Crippen LogP contribution >= 0.6 is 23.1 Å². The predicted octanol–water partition coefficient (Wildman–Crippen LogP) is 5.10. The molecule has 0 fully saturated rings. The van der Waals surface area contributed by atoms with Crippen molar-refractivity contribution in [1.82, 2.24) is 0 Å². The van der Waals surface area contributed by atoms with Crippen LogP contribution in [0.15, 0.2) is 92.9 Å². The normalized spacial score (nSPS) is 12.8. The third kappa shape index (κ3) is 11.2. The van der Waals surface area contributed by atoms with Gasteiger partial charge in [-0.15, -0.1) is 11.3 Å². The molecule has 4 aromatic rings. The van der Waals surface area contributed by atoms with Crippen molar-refractivity contribution in [3.8, 4) is 16.9 Å². The number of hydrogen-bond acceptors (Lipinski definition) is 9. The molecule has 2 atom stereocenters. The first kappa shape index (κ1) is 38.7. The van der Waals surface area contributed by atoms with E-state index in [9.17, 15) is 23.2 Å². The summed E-state index contributed by atoms with van der Waals surface area (Å²) >= 11 is 2.58. The quantitative estimate of drug-likeness (QED) is 0.0747. The maximum absolute atomic E-state index is 12.4. The monoisotopic (exact) mass is 692 g/mol. The van der Waals surface area contributed by atoms with Crippen molar-refractivity contribution in [1.29, 1.82) is 0 Å². The van der Waals surface area contributed by atoms with E-state index in [4.69, 9.17) is 9.84 Å². The van der Waals surface area contributed by atoms with Crippen molar-refractivity contribution in [2.24, 2.45) is 0 Å². The number of hydrogen-bond donors (Lipinski definition) is 3. The van der Waals surface area contributed by atoms with Gasteiger partial charge in [-0.3, -0.25) is 0 Å². The van der Waals surface area contributed by atoms with Crippen LogP contribution < -0.4 is 34.3 Å². The fourth-order valence-corrected chi connectivity index (χ4v) is 7.79. The molecule has 0 aliphatic carbocycles. The summed E-state index contributed by atoms with van der Waals surface area (Å²) in [7, 11) is -4.81. The molecule has 0 spiro atoms. The smallest absolute Gasteiger partial charge is 0.744 e. The molecule has 0 aliphatic rings. The Morgan fingerprint density at radius 3 is 2.35 bits per heavy atom. The van der Waals surface area contributed by atoms with Gasteiger partial charge in [0.25, 0.3) is 0 Å². The maximum Gasteiger partial charge on any atom is 1.00 e. The van der Waals surface area contributed by atoms with Crippen molar-refractivity contribution in [2.45, 2.75) is 85.2 Å². The molecule has 0 bridgehead atoms. The van der Waals surface area contributed by atoms with Gasteiger partial charge in [-0.1, -0.05) is 81.1 Å². The number of thiophene rings is 1. The molecule has 0 radical (unpaired) electrons. The molecule has 4 rings (SSSR count). The SMILES string of the molecule is CCCCOc1ccc(Sc2ccc(-c3ccccc3C(O)c3csc(C(O)CCCCCCCO)c3)cc2S(=O)(=O)[O-])cc1.[Na+]. The molecule has 0 saturated carbocycles. The third-order valence-electron chi connectivity index (χ3n) is 7.52. The number of aliphatic hydroxyl groups excluding tert-OH is 3. The molecule has 1 heterocycles. The minimum atomic E-state index is -4.81. The Balaban J connectivity index is 0.00000576. The molecule has 0 saturated heterocycles. The zero-order valence-corrected chi connectivity index (χ0v) is 30.9. The molecule has 0 aliphatic heterocycles. The van der Waals surface area contributed by atoms with E-state index in [1.54, 1.807) is 36.4 Å². The van der Waals surface area contributed by atoms with E-state index in [1.165, 1.54) is 29.2 Å². The van der Waals surface area contributed by atoms with Crippen LogP contribution in [0.5, 0.6) is 5.75 Å². The number of aliphatic hydroxyl groups is 3. The maximum atomic E-state index is 12.4.